The minimum Gasteiger partial charge on any atom is -0.393 e. The summed E-state index contributed by atoms with van der Waals surface area (Å²) in [6.07, 6.45) is 0.385. The van der Waals surface area contributed by atoms with Gasteiger partial charge < -0.3 is 5.11 Å². The highest BCUT2D eigenvalue weighted by Crippen LogP contribution is 2.19. The molecule has 0 bridgehead atoms. The monoisotopic (exact) mass is 185 g/mol. The molecule has 0 aliphatic heterocycles. The Hall–Kier alpha value is -0.410. The highest BCUT2D eigenvalue weighted by molar-refractivity contribution is 7.09. The number of aliphatic hydroxyl groups excluding tert-OH is 1. The van der Waals surface area contributed by atoms with E-state index >= 15 is 0 Å². The van der Waals surface area contributed by atoms with Crippen LogP contribution >= 0.6 is 11.3 Å². The second-order valence-electron chi connectivity index (χ2n) is 3.38. The quantitative estimate of drug-likeness (QED) is 0.783. The lowest BCUT2D eigenvalue weighted by molar-refractivity contribution is 0.194. The van der Waals surface area contributed by atoms with Crippen molar-refractivity contribution in [2.45, 2.75) is 39.2 Å². The van der Waals surface area contributed by atoms with E-state index in [0.29, 0.717) is 12.3 Å². The van der Waals surface area contributed by atoms with Crippen LogP contribution in [0.2, 0.25) is 0 Å². The van der Waals surface area contributed by atoms with Gasteiger partial charge in [0.05, 0.1) is 16.8 Å². The summed E-state index contributed by atoms with van der Waals surface area (Å²) in [7, 11) is 0. The molecule has 0 amide bonds. The summed E-state index contributed by atoms with van der Waals surface area (Å²) in [6, 6.07) is 0. The molecule has 0 aliphatic rings. The van der Waals surface area contributed by atoms with E-state index in [9.17, 15) is 0 Å². The van der Waals surface area contributed by atoms with Crippen molar-refractivity contribution in [3.8, 4) is 0 Å². The van der Waals surface area contributed by atoms with Crippen LogP contribution in [0.5, 0.6) is 0 Å². The predicted molar refractivity (Wildman–Crippen MR) is 51.6 cm³/mol. The fraction of sp³-hybridized carbons (Fsp3) is 0.667. The molecule has 0 aromatic carbocycles. The summed E-state index contributed by atoms with van der Waals surface area (Å²) < 4.78 is 0. The van der Waals surface area contributed by atoms with Crippen LogP contribution in [0, 0.1) is 0 Å². The van der Waals surface area contributed by atoms with Crippen LogP contribution in [0.15, 0.2) is 5.38 Å². The summed E-state index contributed by atoms with van der Waals surface area (Å²) in [6.45, 7) is 6.05. The minimum atomic E-state index is -0.285. The molecule has 0 radical (unpaired) electrons. The molecule has 0 unspecified atom stereocenters. The number of thiazole rings is 1. The van der Waals surface area contributed by atoms with Crippen LogP contribution in [0.1, 0.15) is 37.4 Å². The Kier molecular flexibility index (Phi) is 3.23. The molecule has 2 nitrogen and oxygen atoms in total. The lowest BCUT2D eigenvalue weighted by atomic mass is 10.2. The topological polar surface area (TPSA) is 33.1 Å². The molecule has 0 saturated heterocycles. The lowest BCUT2D eigenvalue weighted by Gasteiger charge is -1.99. The smallest absolute Gasteiger partial charge is 0.0953 e. The van der Waals surface area contributed by atoms with Crippen molar-refractivity contribution < 1.29 is 5.11 Å². The Morgan fingerprint density at radius 3 is 2.58 bits per heavy atom. The van der Waals surface area contributed by atoms with Gasteiger partial charge in [0.15, 0.2) is 0 Å². The second kappa shape index (κ2) is 4.01. The summed E-state index contributed by atoms with van der Waals surface area (Å²) in [5.74, 6) is 0.498. The molecule has 1 aromatic rings. The normalized spacial score (nSPS) is 13.8. The average Bonchev–Trinajstić information content (AvgIpc) is 2.34. The van der Waals surface area contributed by atoms with Gasteiger partial charge in [-0.3, -0.25) is 0 Å². The molecular formula is C9H15NOS. The van der Waals surface area contributed by atoms with E-state index < -0.39 is 0 Å². The minimum absolute atomic E-state index is 0.285. The molecule has 1 atom stereocenters. The zero-order valence-electron chi connectivity index (χ0n) is 7.74. The maximum atomic E-state index is 9.12. The van der Waals surface area contributed by atoms with Gasteiger partial charge in [0.1, 0.15) is 0 Å². The number of aliphatic hydroxyl groups is 1. The van der Waals surface area contributed by atoms with Crippen molar-refractivity contribution in [3.63, 3.8) is 0 Å². The van der Waals surface area contributed by atoms with Gasteiger partial charge in [-0.25, -0.2) is 4.98 Å². The Morgan fingerprint density at radius 1 is 1.50 bits per heavy atom. The Labute approximate surface area is 77.3 Å². The number of nitrogens with zero attached hydrogens (tertiary/aromatic N) is 1. The standard InChI is InChI=1S/C9H15NOS/c1-6(2)9-10-8(5-12-9)4-7(3)11/h5-7,11H,4H2,1-3H3/t7-/m0/s1. The summed E-state index contributed by atoms with van der Waals surface area (Å²) in [5.41, 5.74) is 1.01. The molecule has 0 saturated carbocycles. The van der Waals surface area contributed by atoms with Gasteiger partial charge in [0, 0.05) is 17.7 Å². The first-order chi connectivity index (χ1) is 5.59. The summed E-state index contributed by atoms with van der Waals surface area (Å²) in [4.78, 5) is 4.41. The molecule has 0 fully saturated rings. The van der Waals surface area contributed by atoms with E-state index in [1.54, 1.807) is 18.3 Å². The summed E-state index contributed by atoms with van der Waals surface area (Å²) >= 11 is 1.68. The van der Waals surface area contributed by atoms with Crippen LogP contribution in [0.3, 0.4) is 0 Å². The Balaban J connectivity index is 2.64. The molecule has 1 heterocycles. The lowest BCUT2D eigenvalue weighted by Crippen LogP contribution is -2.04. The number of hydrogen-bond donors (Lipinski definition) is 1. The van der Waals surface area contributed by atoms with Crippen molar-refractivity contribution in [2.75, 3.05) is 0 Å². The maximum absolute atomic E-state index is 9.12. The molecule has 1 N–H and O–H groups in total. The highest BCUT2D eigenvalue weighted by atomic mass is 32.1. The molecule has 68 valence electrons. The third kappa shape index (κ3) is 2.57. The first-order valence-electron chi connectivity index (χ1n) is 4.22. The van der Waals surface area contributed by atoms with Gasteiger partial charge >= 0.3 is 0 Å². The molecule has 0 spiro atoms. The van der Waals surface area contributed by atoms with E-state index in [1.807, 2.05) is 5.38 Å². The van der Waals surface area contributed by atoms with Crippen molar-refractivity contribution in [1.82, 2.24) is 4.98 Å². The molecule has 12 heavy (non-hydrogen) atoms. The Morgan fingerprint density at radius 2 is 2.17 bits per heavy atom. The van der Waals surface area contributed by atoms with Crippen LogP contribution in [0.4, 0.5) is 0 Å². The van der Waals surface area contributed by atoms with Gasteiger partial charge in [-0.1, -0.05) is 13.8 Å². The van der Waals surface area contributed by atoms with Crippen LogP contribution < -0.4 is 0 Å². The predicted octanol–water partition coefficient (Wildman–Crippen LogP) is 2.19. The summed E-state index contributed by atoms with van der Waals surface area (Å²) in [5, 5.41) is 12.3. The van der Waals surface area contributed by atoms with Gasteiger partial charge in [-0.05, 0) is 6.92 Å². The van der Waals surface area contributed by atoms with E-state index in [4.69, 9.17) is 5.11 Å². The molecule has 1 rings (SSSR count). The third-order valence-electron chi connectivity index (χ3n) is 1.57. The number of aromatic nitrogens is 1. The molecular weight excluding hydrogens is 170 g/mol. The van der Waals surface area contributed by atoms with E-state index in [0.717, 1.165) is 10.7 Å². The van der Waals surface area contributed by atoms with Gasteiger partial charge in [-0.15, -0.1) is 11.3 Å². The number of rotatable bonds is 3. The fourth-order valence-electron chi connectivity index (χ4n) is 0.984. The third-order valence-corrected chi connectivity index (χ3v) is 2.76. The van der Waals surface area contributed by atoms with Crippen molar-refractivity contribution in [3.05, 3.63) is 16.1 Å². The first kappa shape index (κ1) is 9.68. The van der Waals surface area contributed by atoms with Gasteiger partial charge in [0.2, 0.25) is 0 Å². The second-order valence-corrected chi connectivity index (χ2v) is 4.27. The SMILES string of the molecule is CC(C)c1nc(C[C@H](C)O)cs1. The fourth-order valence-corrected chi connectivity index (χ4v) is 1.83. The molecule has 1 aromatic heterocycles. The van der Waals surface area contributed by atoms with E-state index in [-0.39, 0.29) is 6.10 Å². The molecule has 3 heteroatoms. The van der Waals surface area contributed by atoms with Gasteiger partial charge in [0.25, 0.3) is 0 Å². The van der Waals surface area contributed by atoms with Crippen LogP contribution in [-0.4, -0.2) is 16.2 Å². The number of hydrogen-bond acceptors (Lipinski definition) is 3. The van der Waals surface area contributed by atoms with E-state index in [1.165, 1.54) is 0 Å². The van der Waals surface area contributed by atoms with Crippen molar-refractivity contribution in [2.24, 2.45) is 0 Å². The maximum Gasteiger partial charge on any atom is 0.0953 e. The van der Waals surface area contributed by atoms with Crippen LogP contribution in [-0.2, 0) is 6.42 Å². The van der Waals surface area contributed by atoms with Gasteiger partial charge in [-0.2, -0.15) is 0 Å². The first-order valence-corrected chi connectivity index (χ1v) is 5.10. The van der Waals surface area contributed by atoms with E-state index in [2.05, 4.69) is 18.8 Å². The van der Waals surface area contributed by atoms with Crippen molar-refractivity contribution >= 4 is 11.3 Å². The zero-order chi connectivity index (χ0) is 9.14. The average molecular weight is 185 g/mol. The zero-order valence-corrected chi connectivity index (χ0v) is 8.56. The van der Waals surface area contributed by atoms with Crippen molar-refractivity contribution in [1.29, 1.82) is 0 Å². The largest absolute Gasteiger partial charge is 0.393 e. The highest BCUT2D eigenvalue weighted by Gasteiger charge is 2.06. The Bertz CT molecular complexity index is 242. The van der Waals surface area contributed by atoms with Crippen LogP contribution in [0.25, 0.3) is 0 Å². The molecule has 0 aliphatic carbocycles.